The van der Waals surface area contributed by atoms with Crippen LogP contribution in [0.3, 0.4) is 0 Å². The highest BCUT2D eigenvalue weighted by Gasteiger charge is 2.11. The number of hydrogen-bond donors (Lipinski definition) is 1. The second-order valence-electron chi connectivity index (χ2n) is 4.63. The third-order valence-corrected chi connectivity index (χ3v) is 4.69. The highest BCUT2D eigenvalue weighted by atomic mass is 35.5. The van der Waals surface area contributed by atoms with Gasteiger partial charge in [0.25, 0.3) is 0 Å². The first-order chi connectivity index (χ1) is 10.7. The average molecular weight is 347 g/mol. The molecule has 0 aliphatic heterocycles. The van der Waals surface area contributed by atoms with Crippen molar-refractivity contribution in [3.63, 3.8) is 0 Å². The molecule has 1 N–H and O–H groups in total. The summed E-state index contributed by atoms with van der Waals surface area (Å²) in [6, 6.07) is 9.19. The highest BCUT2D eigenvalue weighted by molar-refractivity contribution is 7.17. The molecule has 22 heavy (non-hydrogen) atoms. The average Bonchev–Trinajstić information content (AvgIpc) is 2.98. The maximum Gasteiger partial charge on any atom is 0.143 e. The van der Waals surface area contributed by atoms with Crippen LogP contribution in [0.25, 0.3) is 21.1 Å². The van der Waals surface area contributed by atoms with Crippen molar-refractivity contribution >= 4 is 67.2 Å². The Morgan fingerprint density at radius 3 is 2.68 bits per heavy atom. The van der Waals surface area contributed by atoms with Crippen LogP contribution in [0.1, 0.15) is 0 Å². The van der Waals surface area contributed by atoms with E-state index in [9.17, 15) is 0 Å². The van der Waals surface area contributed by atoms with Gasteiger partial charge >= 0.3 is 0 Å². The Morgan fingerprint density at radius 1 is 0.955 bits per heavy atom. The van der Waals surface area contributed by atoms with Gasteiger partial charge in [-0.3, -0.25) is 0 Å². The van der Waals surface area contributed by atoms with E-state index >= 15 is 0 Å². The van der Waals surface area contributed by atoms with E-state index in [-0.39, 0.29) is 0 Å². The Kier molecular flexibility index (Phi) is 3.33. The molecule has 0 aliphatic rings. The van der Waals surface area contributed by atoms with Crippen LogP contribution >= 0.6 is 34.5 Å². The number of halogens is 2. The molecule has 0 saturated carbocycles. The van der Waals surface area contributed by atoms with E-state index < -0.39 is 0 Å². The van der Waals surface area contributed by atoms with Gasteiger partial charge in [0.1, 0.15) is 12.1 Å². The Morgan fingerprint density at radius 2 is 1.82 bits per heavy atom. The monoisotopic (exact) mass is 346 g/mol. The molecule has 0 radical (unpaired) electrons. The molecule has 4 nitrogen and oxygen atoms in total. The summed E-state index contributed by atoms with van der Waals surface area (Å²) in [6.07, 6.45) is 1.53. The van der Waals surface area contributed by atoms with Gasteiger partial charge in [-0.15, -0.1) is 11.3 Å². The minimum Gasteiger partial charge on any atom is -0.338 e. The Balaban J connectivity index is 1.92. The van der Waals surface area contributed by atoms with Gasteiger partial charge in [0.2, 0.25) is 0 Å². The summed E-state index contributed by atoms with van der Waals surface area (Å²) in [5.41, 5.74) is 4.35. The molecule has 0 saturated heterocycles. The summed E-state index contributed by atoms with van der Waals surface area (Å²) >= 11 is 13.7. The van der Waals surface area contributed by atoms with Crippen molar-refractivity contribution in [3.05, 3.63) is 52.2 Å². The predicted molar refractivity (Wildman–Crippen MR) is 92.5 cm³/mol. The van der Waals surface area contributed by atoms with Crippen LogP contribution in [-0.2, 0) is 0 Å². The second kappa shape index (κ2) is 5.35. The van der Waals surface area contributed by atoms with E-state index in [1.165, 1.54) is 6.33 Å². The van der Waals surface area contributed by atoms with Crippen molar-refractivity contribution in [2.75, 3.05) is 5.32 Å². The van der Waals surface area contributed by atoms with Gasteiger partial charge in [-0.25, -0.2) is 15.0 Å². The van der Waals surface area contributed by atoms with E-state index in [1.807, 2.05) is 23.7 Å². The van der Waals surface area contributed by atoms with Gasteiger partial charge in [-0.05, 0) is 30.3 Å². The highest BCUT2D eigenvalue weighted by Crippen LogP contribution is 2.34. The molecule has 0 spiro atoms. The smallest absolute Gasteiger partial charge is 0.143 e. The number of anilines is 2. The van der Waals surface area contributed by atoms with Crippen molar-refractivity contribution in [2.24, 2.45) is 0 Å². The maximum atomic E-state index is 6.23. The molecule has 7 heteroatoms. The van der Waals surface area contributed by atoms with Crippen LogP contribution < -0.4 is 5.32 Å². The molecule has 2 heterocycles. The molecule has 4 aromatic rings. The van der Waals surface area contributed by atoms with Gasteiger partial charge in [0.05, 0.1) is 37.3 Å². The van der Waals surface area contributed by atoms with E-state index in [2.05, 4.69) is 20.3 Å². The van der Waals surface area contributed by atoms with Gasteiger partial charge in [0.15, 0.2) is 0 Å². The lowest BCUT2D eigenvalue weighted by Crippen LogP contribution is -1.96. The molecule has 0 fully saturated rings. The molecule has 4 rings (SSSR count). The summed E-state index contributed by atoms with van der Waals surface area (Å²) in [5.74, 6) is 0.698. The SMILES string of the molecule is Clc1ccc(Nc2ncnc3ccc4ncsc4c23)c(Cl)c1. The predicted octanol–water partition coefficient (Wildman–Crippen LogP) is 5.29. The second-order valence-corrected chi connectivity index (χ2v) is 6.33. The summed E-state index contributed by atoms with van der Waals surface area (Å²) in [4.78, 5) is 13.0. The summed E-state index contributed by atoms with van der Waals surface area (Å²) in [6.45, 7) is 0. The third-order valence-electron chi connectivity index (χ3n) is 3.28. The Labute approximate surface area is 139 Å². The fraction of sp³-hybridized carbons (Fsp3) is 0. The van der Waals surface area contributed by atoms with Crippen molar-refractivity contribution in [3.8, 4) is 0 Å². The first-order valence-electron chi connectivity index (χ1n) is 6.41. The van der Waals surface area contributed by atoms with Gasteiger partial charge < -0.3 is 5.32 Å². The van der Waals surface area contributed by atoms with Gasteiger partial charge in [-0.2, -0.15) is 0 Å². The molecule has 0 unspecified atom stereocenters. The Bertz CT molecular complexity index is 999. The van der Waals surface area contributed by atoms with Gasteiger partial charge in [0, 0.05) is 5.02 Å². The first-order valence-corrected chi connectivity index (χ1v) is 8.05. The maximum absolute atomic E-state index is 6.23. The van der Waals surface area contributed by atoms with E-state index in [4.69, 9.17) is 23.2 Å². The lowest BCUT2D eigenvalue weighted by molar-refractivity contribution is 1.22. The molecule has 0 bridgehead atoms. The van der Waals surface area contributed by atoms with Crippen LogP contribution in [-0.4, -0.2) is 15.0 Å². The molecule has 108 valence electrons. The van der Waals surface area contributed by atoms with Gasteiger partial charge in [-0.1, -0.05) is 23.2 Å². The first kappa shape index (κ1) is 13.7. The fourth-order valence-corrected chi connectivity index (χ4v) is 3.57. The van der Waals surface area contributed by atoms with E-state index in [1.54, 1.807) is 23.5 Å². The zero-order valence-electron chi connectivity index (χ0n) is 11.0. The molecular formula is C15H8Cl2N4S. The topological polar surface area (TPSA) is 50.7 Å². The molecule has 0 amide bonds. The number of benzene rings is 2. The number of aromatic nitrogens is 3. The molecule has 0 aliphatic carbocycles. The van der Waals surface area contributed by atoms with Crippen molar-refractivity contribution < 1.29 is 0 Å². The quantitative estimate of drug-likeness (QED) is 0.535. The molecule has 2 aromatic heterocycles. The van der Waals surface area contributed by atoms with Crippen LogP contribution in [0.4, 0.5) is 11.5 Å². The molecule has 0 atom stereocenters. The number of rotatable bonds is 2. The van der Waals surface area contributed by atoms with Crippen molar-refractivity contribution in [1.82, 2.24) is 15.0 Å². The van der Waals surface area contributed by atoms with Crippen LogP contribution in [0.15, 0.2) is 42.2 Å². The minimum atomic E-state index is 0.538. The largest absolute Gasteiger partial charge is 0.338 e. The lowest BCUT2D eigenvalue weighted by Gasteiger charge is -2.10. The lowest BCUT2D eigenvalue weighted by atomic mass is 10.2. The van der Waals surface area contributed by atoms with Crippen molar-refractivity contribution in [1.29, 1.82) is 0 Å². The normalized spacial score (nSPS) is 11.2. The molecule has 2 aromatic carbocycles. The number of nitrogens with zero attached hydrogens (tertiary/aromatic N) is 3. The van der Waals surface area contributed by atoms with E-state index in [0.717, 1.165) is 26.8 Å². The summed E-state index contributed by atoms with van der Waals surface area (Å²) in [5, 5.41) is 5.33. The van der Waals surface area contributed by atoms with Crippen LogP contribution in [0.2, 0.25) is 10.0 Å². The number of nitrogens with one attached hydrogen (secondary N) is 1. The zero-order chi connectivity index (χ0) is 15.1. The minimum absolute atomic E-state index is 0.538. The van der Waals surface area contributed by atoms with Crippen LogP contribution in [0.5, 0.6) is 0 Å². The van der Waals surface area contributed by atoms with Crippen molar-refractivity contribution in [2.45, 2.75) is 0 Å². The third kappa shape index (κ3) is 2.27. The van der Waals surface area contributed by atoms with E-state index in [0.29, 0.717) is 15.9 Å². The summed E-state index contributed by atoms with van der Waals surface area (Å²) < 4.78 is 1.05. The fourth-order valence-electron chi connectivity index (χ4n) is 2.28. The number of fused-ring (bicyclic) bond motifs is 3. The summed E-state index contributed by atoms with van der Waals surface area (Å²) in [7, 11) is 0. The standard InChI is InChI=1S/C15H8Cl2N4S/c16-8-1-2-10(9(17)5-8)21-15-13-11(18-6-19-15)3-4-12-14(13)22-7-20-12/h1-7H,(H,18,19,21). The van der Waals surface area contributed by atoms with Crippen LogP contribution in [0, 0.1) is 0 Å². The molecular weight excluding hydrogens is 339 g/mol. The number of hydrogen-bond acceptors (Lipinski definition) is 5. The number of thiazole rings is 1. The Hall–Kier alpha value is -1.95. The zero-order valence-corrected chi connectivity index (χ0v) is 13.4.